The molecule has 0 spiro atoms. The zero-order valence-corrected chi connectivity index (χ0v) is 9.91. The minimum absolute atomic E-state index is 0.828. The van der Waals surface area contributed by atoms with E-state index in [0.29, 0.717) is 0 Å². The number of hydrogen-bond donors (Lipinski definition) is 0. The average Bonchev–Trinajstić information content (AvgIpc) is 1.99. The molecule has 0 aromatic carbocycles. The molecular formula is C10H24Si. The van der Waals surface area contributed by atoms with E-state index in [1.165, 1.54) is 25.3 Å². The van der Waals surface area contributed by atoms with Crippen LogP contribution in [-0.2, 0) is 0 Å². The SMILES string of the molecule is CCCC[Si](C)(C)C(C)CC. The van der Waals surface area contributed by atoms with Gasteiger partial charge in [0.25, 0.3) is 0 Å². The van der Waals surface area contributed by atoms with Crippen molar-refractivity contribution in [2.75, 3.05) is 0 Å². The van der Waals surface area contributed by atoms with Crippen LogP contribution in [0.2, 0.25) is 24.7 Å². The highest BCUT2D eigenvalue weighted by Crippen LogP contribution is 2.29. The molecule has 0 heterocycles. The maximum atomic E-state index is 2.54. The minimum Gasteiger partial charge on any atom is -0.0692 e. The van der Waals surface area contributed by atoms with Gasteiger partial charge in [-0.2, -0.15) is 0 Å². The maximum Gasteiger partial charge on any atom is 0.0502 e. The molecule has 0 saturated carbocycles. The Balaban J connectivity index is 3.77. The molecule has 0 aliphatic carbocycles. The first kappa shape index (κ1) is 11.2. The Bertz CT molecular complexity index is 97.0. The van der Waals surface area contributed by atoms with E-state index in [2.05, 4.69) is 33.9 Å². The van der Waals surface area contributed by atoms with Crippen LogP contribution in [0, 0.1) is 0 Å². The third-order valence-electron chi connectivity index (χ3n) is 3.12. The highest BCUT2D eigenvalue weighted by molar-refractivity contribution is 6.78. The van der Waals surface area contributed by atoms with E-state index in [1.807, 2.05) is 0 Å². The topological polar surface area (TPSA) is 0 Å². The average molecular weight is 172 g/mol. The highest BCUT2D eigenvalue weighted by Gasteiger charge is 2.25. The first-order valence-corrected chi connectivity index (χ1v) is 8.33. The molecule has 1 atom stereocenters. The maximum absolute atomic E-state index is 2.54. The first-order chi connectivity index (χ1) is 5.04. The van der Waals surface area contributed by atoms with Crippen LogP contribution in [0.25, 0.3) is 0 Å². The lowest BCUT2D eigenvalue weighted by Crippen LogP contribution is -2.30. The molecule has 0 aliphatic heterocycles. The Morgan fingerprint density at radius 1 is 1.18 bits per heavy atom. The van der Waals surface area contributed by atoms with Crippen LogP contribution in [0.4, 0.5) is 0 Å². The van der Waals surface area contributed by atoms with Crippen molar-refractivity contribution < 1.29 is 0 Å². The van der Waals surface area contributed by atoms with Crippen molar-refractivity contribution in [2.45, 2.75) is 64.7 Å². The van der Waals surface area contributed by atoms with Gasteiger partial charge in [0.05, 0.1) is 8.07 Å². The quantitative estimate of drug-likeness (QED) is 0.543. The van der Waals surface area contributed by atoms with Crippen molar-refractivity contribution in [2.24, 2.45) is 0 Å². The van der Waals surface area contributed by atoms with E-state index in [4.69, 9.17) is 0 Å². The summed E-state index contributed by atoms with van der Waals surface area (Å²) in [5.41, 5.74) is 1.01. The highest BCUT2D eigenvalue weighted by atomic mass is 28.3. The van der Waals surface area contributed by atoms with Gasteiger partial charge in [-0.05, 0) is 5.54 Å². The molecule has 0 aromatic heterocycles. The summed E-state index contributed by atoms with van der Waals surface area (Å²) in [7, 11) is -0.828. The Labute approximate surface area is 73.4 Å². The monoisotopic (exact) mass is 172 g/mol. The normalized spacial score (nSPS) is 15.0. The molecule has 0 saturated heterocycles. The largest absolute Gasteiger partial charge is 0.0692 e. The predicted molar refractivity (Wildman–Crippen MR) is 56.9 cm³/mol. The standard InChI is InChI=1S/C10H24Si/c1-6-8-9-11(4,5)10(3)7-2/h10H,6-9H2,1-5H3. The van der Waals surface area contributed by atoms with E-state index in [9.17, 15) is 0 Å². The van der Waals surface area contributed by atoms with Crippen molar-refractivity contribution in [1.82, 2.24) is 0 Å². The molecule has 0 N–H and O–H groups in total. The predicted octanol–water partition coefficient (Wildman–Crippen LogP) is 4.30. The summed E-state index contributed by atoms with van der Waals surface area (Å²) in [6, 6.07) is 1.53. The fourth-order valence-electron chi connectivity index (χ4n) is 1.43. The van der Waals surface area contributed by atoms with Gasteiger partial charge in [-0.1, -0.05) is 59.2 Å². The first-order valence-electron chi connectivity index (χ1n) is 5.04. The Kier molecular flexibility index (Phi) is 5.07. The number of rotatable bonds is 5. The number of hydrogen-bond acceptors (Lipinski definition) is 0. The fraction of sp³-hybridized carbons (Fsp3) is 1.00. The minimum atomic E-state index is -0.828. The van der Waals surface area contributed by atoms with Crippen molar-refractivity contribution in [3.8, 4) is 0 Å². The third-order valence-corrected chi connectivity index (χ3v) is 7.84. The van der Waals surface area contributed by atoms with Gasteiger partial charge >= 0.3 is 0 Å². The van der Waals surface area contributed by atoms with Crippen LogP contribution in [0.15, 0.2) is 0 Å². The van der Waals surface area contributed by atoms with E-state index in [1.54, 1.807) is 0 Å². The van der Waals surface area contributed by atoms with Gasteiger partial charge in [0, 0.05) is 0 Å². The van der Waals surface area contributed by atoms with E-state index in [-0.39, 0.29) is 0 Å². The van der Waals surface area contributed by atoms with Crippen molar-refractivity contribution in [1.29, 1.82) is 0 Å². The molecule has 0 nitrogen and oxygen atoms in total. The van der Waals surface area contributed by atoms with Crippen molar-refractivity contribution >= 4 is 8.07 Å². The van der Waals surface area contributed by atoms with E-state index < -0.39 is 8.07 Å². The van der Waals surface area contributed by atoms with Gasteiger partial charge in [-0.15, -0.1) is 0 Å². The molecule has 1 heteroatoms. The van der Waals surface area contributed by atoms with Gasteiger partial charge in [0.15, 0.2) is 0 Å². The smallest absolute Gasteiger partial charge is 0.0502 e. The van der Waals surface area contributed by atoms with Gasteiger partial charge in [-0.3, -0.25) is 0 Å². The van der Waals surface area contributed by atoms with Crippen molar-refractivity contribution in [3.63, 3.8) is 0 Å². The van der Waals surface area contributed by atoms with Crippen LogP contribution in [-0.4, -0.2) is 8.07 Å². The Morgan fingerprint density at radius 2 is 1.73 bits per heavy atom. The zero-order valence-electron chi connectivity index (χ0n) is 8.91. The molecule has 0 bridgehead atoms. The Hall–Kier alpha value is 0.217. The van der Waals surface area contributed by atoms with Crippen LogP contribution >= 0.6 is 0 Å². The summed E-state index contributed by atoms with van der Waals surface area (Å²) in [5, 5.41) is 0. The second-order valence-electron chi connectivity index (χ2n) is 4.40. The van der Waals surface area contributed by atoms with Gasteiger partial charge in [0.2, 0.25) is 0 Å². The molecule has 0 fully saturated rings. The molecule has 0 aliphatic rings. The lowest BCUT2D eigenvalue weighted by Gasteiger charge is -2.28. The van der Waals surface area contributed by atoms with Gasteiger partial charge in [0.1, 0.15) is 0 Å². The molecule has 0 radical (unpaired) electrons. The summed E-state index contributed by atoms with van der Waals surface area (Å²) in [4.78, 5) is 0. The lowest BCUT2D eigenvalue weighted by atomic mass is 10.4. The summed E-state index contributed by atoms with van der Waals surface area (Å²) in [6.45, 7) is 12.1. The third kappa shape index (κ3) is 3.95. The summed E-state index contributed by atoms with van der Waals surface area (Å²) < 4.78 is 0. The summed E-state index contributed by atoms with van der Waals surface area (Å²) >= 11 is 0. The molecule has 0 aromatic rings. The zero-order chi connectivity index (χ0) is 8.91. The van der Waals surface area contributed by atoms with Crippen LogP contribution in [0.3, 0.4) is 0 Å². The Morgan fingerprint density at radius 3 is 2.09 bits per heavy atom. The van der Waals surface area contributed by atoms with Crippen LogP contribution < -0.4 is 0 Å². The van der Waals surface area contributed by atoms with Gasteiger partial charge in [-0.25, -0.2) is 0 Å². The summed E-state index contributed by atoms with van der Waals surface area (Å²) in [6.07, 6.45) is 4.19. The lowest BCUT2D eigenvalue weighted by molar-refractivity contribution is 0.798. The van der Waals surface area contributed by atoms with Gasteiger partial charge < -0.3 is 0 Å². The van der Waals surface area contributed by atoms with Crippen LogP contribution in [0.5, 0.6) is 0 Å². The molecule has 1 unspecified atom stereocenters. The molecular weight excluding hydrogens is 148 g/mol. The van der Waals surface area contributed by atoms with E-state index in [0.717, 1.165) is 5.54 Å². The number of unbranched alkanes of at least 4 members (excludes halogenated alkanes) is 1. The second kappa shape index (κ2) is 4.97. The van der Waals surface area contributed by atoms with Crippen molar-refractivity contribution in [3.05, 3.63) is 0 Å². The molecule has 0 rings (SSSR count). The fourth-order valence-corrected chi connectivity index (χ4v) is 4.29. The molecule has 11 heavy (non-hydrogen) atoms. The molecule has 0 amide bonds. The van der Waals surface area contributed by atoms with E-state index >= 15 is 0 Å². The second-order valence-corrected chi connectivity index (χ2v) is 9.86. The molecule has 68 valence electrons. The summed E-state index contributed by atoms with van der Waals surface area (Å²) in [5.74, 6) is 0. The van der Waals surface area contributed by atoms with Crippen LogP contribution in [0.1, 0.15) is 40.0 Å².